The van der Waals surface area contributed by atoms with Gasteiger partial charge in [-0.2, -0.15) is 4.98 Å². The summed E-state index contributed by atoms with van der Waals surface area (Å²) in [6.07, 6.45) is 2.00. The first kappa shape index (κ1) is 16.5. The van der Waals surface area contributed by atoms with Crippen LogP contribution in [0.5, 0.6) is 5.88 Å². The van der Waals surface area contributed by atoms with Crippen molar-refractivity contribution in [1.82, 2.24) is 9.97 Å². The monoisotopic (exact) mass is 284 g/mol. The van der Waals surface area contributed by atoms with Gasteiger partial charge in [0.15, 0.2) is 11.6 Å². The zero-order chi connectivity index (χ0) is 14.8. The molecule has 1 aromatic heterocycles. The maximum Gasteiger partial charge on any atom is 0.242 e. The summed E-state index contributed by atoms with van der Waals surface area (Å²) in [5.74, 6) is 1.49. The Morgan fingerprint density at radius 2 is 1.95 bits per heavy atom. The van der Waals surface area contributed by atoms with Gasteiger partial charge in [-0.15, -0.1) is 0 Å². The summed E-state index contributed by atoms with van der Waals surface area (Å²) in [7, 11) is 3.23. The lowest BCUT2D eigenvalue weighted by molar-refractivity contribution is 0.176. The molecule has 0 saturated carbocycles. The van der Waals surface area contributed by atoms with Gasteiger partial charge in [0.05, 0.1) is 13.2 Å². The lowest BCUT2D eigenvalue weighted by Crippen LogP contribution is -2.14. The first-order valence-electron chi connectivity index (χ1n) is 6.73. The van der Waals surface area contributed by atoms with Gasteiger partial charge in [-0.3, -0.25) is 0 Å². The Balaban J connectivity index is 2.83. The minimum atomic E-state index is 0.309. The normalized spacial score (nSPS) is 10.6. The highest BCUT2D eigenvalue weighted by atomic mass is 16.5. The van der Waals surface area contributed by atoms with Crippen LogP contribution in [-0.4, -0.2) is 43.9 Å². The Labute approximate surface area is 119 Å². The predicted octanol–water partition coefficient (Wildman–Crippen LogP) is 1.44. The fourth-order valence-electron chi connectivity index (χ4n) is 1.52. The SMILES string of the molecule is CCCCOc1nc(COC)nc(NCCOC)c1N. The van der Waals surface area contributed by atoms with Crippen LogP contribution >= 0.6 is 0 Å². The van der Waals surface area contributed by atoms with Gasteiger partial charge in [-0.1, -0.05) is 13.3 Å². The topological polar surface area (TPSA) is 91.5 Å². The number of nitrogens with one attached hydrogen (secondary N) is 1. The zero-order valence-electron chi connectivity index (χ0n) is 12.4. The Morgan fingerprint density at radius 1 is 1.15 bits per heavy atom. The Morgan fingerprint density at radius 3 is 2.60 bits per heavy atom. The summed E-state index contributed by atoms with van der Waals surface area (Å²) in [5.41, 5.74) is 6.43. The number of nitrogens with zero attached hydrogens (tertiary/aromatic N) is 2. The molecule has 3 N–H and O–H groups in total. The first-order chi connectivity index (χ1) is 9.72. The third-order valence-corrected chi connectivity index (χ3v) is 2.57. The molecule has 0 aliphatic heterocycles. The number of hydrogen-bond acceptors (Lipinski definition) is 7. The highest BCUT2D eigenvalue weighted by Crippen LogP contribution is 2.26. The number of nitrogen functional groups attached to an aromatic ring is 1. The van der Waals surface area contributed by atoms with Crippen molar-refractivity contribution in [2.24, 2.45) is 0 Å². The largest absolute Gasteiger partial charge is 0.476 e. The van der Waals surface area contributed by atoms with Crippen molar-refractivity contribution in [1.29, 1.82) is 0 Å². The number of methoxy groups -OCH3 is 2. The van der Waals surface area contributed by atoms with Gasteiger partial charge in [0.25, 0.3) is 0 Å². The zero-order valence-corrected chi connectivity index (χ0v) is 12.4. The third-order valence-electron chi connectivity index (χ3n) is 2.57. The van der Waals surface area contributed by atoms with Crippen molar-refractivity contribution in [3.05, 3.63) is 5.82 Å². The number of hydrogen-bond donors (Lipinski definition) is 2. The van der Waals surface area contributed by atoms with Crippen LogP contribution < -0.4 is 15.8 Å². The second-order valence-corrected chi connectivity index (χ2v) is 4.26. The fourth-order valence-corrected chi connectivity index (χ4v) is 1.52. The molecule has 114 valence electrons. The average Bonchev–Trinajstić information content (AvgIpc) is 2.44. The van der Waals surface area contributed by atoms with Crippen LogP contribution in [0.3, 0.4) is 0 Å². The van der Waals surface area contributed by atoms with Gasteiger partial charge < -0.3 is 25.3 Å². The van der Waals surface area contributed by atoms with E-state index in [1.165, 1.54) is 0 Å². The molecule has 0 bridgehead atoms. The second-order valence-electron chi connectivity index (χ2n) is 4.26. The number of ether oxygens (including phenoxy) is 3. The molecule has 0 aliphatic carbocycles. The maximum atomic E-state index is 6.02. The fraction of sp³-hybridized carbons (Fsp3) is 0.692. The summed E-state index contributed by atoms with van der Waals surface area (Å²) in [6, 6.07) is 0. The van der Waals surface area contributed by atoms with Crippen molar-refractivity contribution in [3.63, 3.8) is 0 Å². The lowest BCUT2D eigenvalue weighted by atomic mass is 10.3. The van der Waals surface area contributed by atoms with Gasteiger partial charge >= 0.3 is 0 Å². The minimum absolute atomic E-state index is 0.309. The van der Waals surface area contributed by atoms with Crippen LogP contribution in [0.25, 0.3) is 0 Å². The van der Waals surface area contributed by atoms with E-state index in [0.29, 0.717) is 49.6 Å². The van der Waals surface area contributed by atoms with E-state index in [1.807, 2.05) is 0 Å². The van der Waals surface area contributed by atoms with E-state index in [4.69, 9.17) is 19.9 Å². The van der Waals surface area contributed by atoms with Crippen molar-refractivity contribution in [2.45, 2.75) is 26.4 Å². The molecular formula is C13H24N4O3. The van der Waals surface area contributed by atoms with Crippen molar-refractivity contribution in [3.8, 4) is 5.88 Å². The number of anilines is 2. The molecule has 1 aromatic rings. The average molecular weight is 284 g/mol. The molecule has 7 nitrogen and oxygen atoms in total. The Kier molecular flexibility index (Phi) is 7.67. The van der Waals surface area contributed by atoms with Gasteiger partial charge in [-0.25, -0.2) is 4.98 Å². The predicted molar refractivity (Wildman–Crippen MR) is 77.9 cm³/mol. The molecule has 1 rings (SSSR count). The molecule has 0 aliphatic rings. The minimum Gasteiger partial charge on any atom is -0.476 e. The summed E-state index contributed by atoms with van der Waals surface area (Å²) in [6.45, 7) is 4.17. The molecule has 0 fully saturated rings. The van der Waals surface area contributed by atoms with Crippen LogP contribution in [-0.2, 0) is 16.1 Å². The van der Waals surface area contributed by atoms with E-state index in [-0.39, 0.29) is 0 Å². The van der Waals surface area contributed by atoms with Gasteiger partial charge in [-0.05, 0) is 6.42 Å². The molecule has 0 aromatic carbocycles. The van der Waals surface area contributed by atoms with Crippen molar-refractivity contribution >= 4 is 11.5 Å². The molecule has 0 radical (unpaired) electrons. The molecule has 20 heavy (non-hydrogen) atoms. The quantitative estimate of drug-likeness (QED) is 0.628. The number of unbranched alkanes of at least 4 members (excludes halogenated alkanes) is 1. The molecule has 0 unspecified atom stereocenters. The van der Waals surface area contributed by atoms with E-state index in [1.54, 1.807) is 14.2 Å². The third kappa shape index (κ3) is 5.18. The van der Waals surface area contributed by atoms with Gasteiger partial charge in [0, 0.05) is 20.8 Å². The molecule has 0 saturated heterocycles. The molecular weight excluding hydrogens is 260 g/mol. The summed E-state index contributed by atoms with van der Waals surface area (Å²) < 4.78 is 15.7. The molecule has 0 atom stereocenters. The highest BCUT2D eigenvalue weighted by molar-refractivity contribution is 5.66. The summed E-state index contributed by atoms with van der Waals surface area (Å²) in [5, 5.41) is 3.11. The van der Waals surface area contributed by atoms with Crippen molar-refractivity contribution in [2.75, 3.05) is 45.0 Å². The van der Waals surface area contributed by atoms with Crippen LogP contribution in [0.1, 0.15) is 25.6 Å². The molecule has 1 heterocycles. The van der Waals surface area contributed by atoms with Crippen LogP contribution in [0.2, 0.25) is 0 Å². The van der Waals surface area contributed by atoms with E-state index in [9.17, 15) is 0 Å². The highest BCUT2D eigenvalue weighted by Gasteiger charge is 2.12. The van der Waals surface area contributed by atoms with E-state index in [0.717, 1.165) is 12.8 Å². The van der Waals surface area contributed by atoms with Crippen LogP contribution in [0, 0.1) is 0 Å². The van der Waals surface area contributed by atoms with Crippen molar-refractivity contribution < 1.29 is 14.2 Å². The summed E-state index contributed by atoms with van der Waals surface area (Å²) >= 11 is 0. The second kappa shape index (κ2) is 9.33. The van der Waals surface area contributed by atoms with E-state index in [2.05, 4.69) is 22.2 Å². The summed E-state index contributed by atoms with van der Waals surface area (Å²) in [4.78, 5) is 8.58. The lowest BCUT2D eigenvalue weighted by Gasteiger charge is -2.13. The van der Waals surface area contributed by atoms with Crippen LogP contribution in [0.4, 0.5) is 11.5 Å². The number of rotatable bonds is 10. The van der Waals surface area contributed by atoms with Gasteiger partial charge in [0.2, 0.25) is 5.88 Å². The van der Waals surface area contributed by atoms with Crippen LogP contribution in [0.15, 0.2) is 0 Å². The van der Waals surface area contributed by atoms with Gasteiger partial charge in [0.1, 0.15) is 12.3 Å². The number of aromatic nitrogens is 2. The molecule has 7 heteroatoms. The maximum absolute atomic E-state index is 6.02. The number of nitrogens with two attached hydrogens (primary N) is 1. The smallest absolute Gasteiger partial charge is 0.242 e. The molecule has 0 spiro atoms. The van der Waals surface area contributed by atoms with E-state index >= 15 is 0 Å². The molecule has 0 amide bonds. The standard InChI is InChI=1S/C13H24N4O3/c1-4-5-7-20-13-11(14)12(15-6-8-18-2)16-10(17-13)9-19-3/h4-9,14H2,1-3H3,(H,15,16,17). The Bertz CT molecular complexity index is 370. The Hall–Kier alpha value is -1.60. The first-order valence-corrected chi connectivity index (χ1v) is 6.73. The van der Waals surface area contributed by atoms with E-state index < -0.39 is 0 Å².